The summed E-state index contributed by atoms with van der Waals surface area (Å²) in [5.74, 6) is 0.109. The topological polar surface area (TPSA) is 97.3 Å². The molecule has 1 heterocycles. The van der Waals surface area contributed by atoms with Crippen LogP contribution in [0, 0.1) is 0 Å². The van der Waals surface area contributed by atoms with Crippen molar-refractivity contribution in [3.8, 4) is 0 Å². The summed E-state index contributed by atoms with van der Waals surface area (Å²) in [6, 6.07) is 0. The van der Waals surface area contributed by atoms with E-state index in [2.05, 4.69) is 10.2 Å². The third-order valence-corrected chi connectivity index (χ3v) is 1.69. The lowest BCUT2D eigenvalue weighted by Crippen LogP contribution is -2.33. The smallest absolute Gasteiger partial charge is 0.246 e. The standard InChI is InChI=1S/C7H13N5O2/c1-11(2-3-13)7(14)5-12-9-4-6(8)10-12/h4,13H,2-3,5H2,1H3,(H2,8,10). The van der Waals surface area contributed by atoms with E-state index >= 15 is 0 Å². The Hall–Kier alpha value is -1.63. The molecule has 7 heteroatoms. The molecule has 1 aromatic heterocycles. The number of likely N-dealkylation sites (N-methyl/N-ethyl adjacent to an activating group) is 1. The van der Waals surface area contributed by atoms with Gasteiger partial charge in [0.2, 0.25) is 5.91 Å². The third kappa shape index (κ3) is 2.70. The summed E-state index contributed by atoms with van der Waals surface area (Å²) in [7, 11) is 1.60. The van der Waals surface area contributed by atoms with E-state index in [1.807, 2.05) is 0 Å². The van der Waals surface area contributed by atoms with Crippen LogP contribution in [-0.2, 0) is 11.3 Å². The first-order valence-electron chi connectivity index (χ1n) is 4.14. The number of rotatable bonds is 4. The van der Waals surface area contributed by atoms with Gasteiger partial charge in [-0.25, -0.2) is 0 Å². The molecule has 1 amide bonds. The number of nitrogens with two attached hydrogens (primary N) is 1. The lowest BCUT2D eigenvalue weighted by atomic mass is 10.5. The van der Waals surface area contributed by atoms with Crippen LogP contribution < -0.4 is 5.73 Å². The van der Waals surface area contributed by atoms with Crippen LogP contribution in [0.3, 0.4) is 0 Å². The summed E-state index contributed by atoms with van der Waals surface area (Å²) >= 11 is 0. The summed E-state index contributed by atoms with van der Waals surface area (Å²) in [6.07, 6.45) is 1.37. The predicted octanol–water partition coefficient (Wildman–Crippen LogP) is -1.69. The van der Waals surface area contributed by atoms with Crippen molar-refractivity contribution in [1.29, 1.82) is 0 Å². The lowest BCUT2D eigenvalue weighted by Gasteiger charge is -2.14. The number of carbonyl (C=O) groups excluding carboxylic acids is 1. The Kier molecular flexibility index (Phi) is 3.41. The first kappa shape index (κ1) is 10.5. The molecule has 0 fully saturated rings. The molecule has 0 aliphatic carbocycles. The van der Waals surface area contributed by atoms with Crippen LogP contribution in [-0.4, -0.2) is 51.1 Å². The van der Waals surface area contributed by atoms with Gasteiger partial charge in [-0.2, -0.15) is 9.90 Å². The average molecular weight is 199 g/mol. The lowest BCUT2D eigenvalue weighted by molar-refractivity contribution is -0.131. The van der Waals surface area contributed by atoms with Gasteiger partial charge < -0.3 is 15.7 Å². The number of carbonyl (C=O) groups is 1. The molecule has 78 valence electrons. The largest absolute Gasteiger partial charge is 0.395 e. The Bertz CT molecular complexity index is 311. The molecule has 3 N–H and O–H groups in total. The monoisotopic (exact) mass is 199 g/mol. The van der Waals surface area contributed by atoms with E-state index in [4.69, 9.17) is 10.8 Å². The molecule has 0 spiro atoms. The second kappa shape index (κ2) is 4.56. The van der Waals surface area contributed by atoms with Crippen LogP contribution in [0.15, 0.2) is 6.20 Å². The van der Waals surface area contributed by atoms with Crippen LogP contribution in [0.25, 0.3) is 0 Å². The zero-order chi connectivity index (χ0) is 10.6. The summed E-state index contributed by atoms with van der Waals surface area (Å²) < 4.78 is 0. The minimum Gasteiger partial charge on any atom is -0.395 e. The number of hydrogen-bond donors (Lipinski definition) is 2. The molecule has 1 rings (SSSR count). The fraction of sp³-hybridized carbons (Fsp3) is 0.571. The number of aromatic nitrogens is 3. The predicted molar refractivity (Wildman–Crippen MR) is 49.2 cm³/mol. The van der Waals surface area contributed by atoms with E-state index < -0.39 is 0 Å². The highest BCUT2D eigenvalue weighted by molar-refractivity contribution is 5.75. The molecule has 0 aliphatic rings. The molecular formula is C7H13N5O2. The van der Waals surface area contributed by atoms with Crippen LogP contribution >= 0.6 is 0 Å². The van der Waals surface area contributed by atoms with E-state index in [-0.39, 0.29) is 24.9 Å². The van der Waals surface area contributed by atoms with E-state index in [1.165, 1.54) is 15.9 Å². The zero-order valence-corrected chi connectivity index (χ0v) is 7.92. The Morgan fingerprint density at radius 2 is 2.50 bits per heavy atom. The normalized spacial score (nSPS) is 10.1. The van der Waals surface area contributed by atoms with Crippen molar-refractivity contribution in [2.45, 2.75) is 6.54 Å². The minimum atomic E-state index is -0.172. The first-order valence-corrected chi connectivity index (χ1v) is 4.14. The molecule has 0 saturated heterocycles. The van der Waals surface area contributed by atoms with E-state index in [1.54, 1.807) is 7.05 Å². The van der Waals surface area contributed by atoms with Gasteiger partial charge in [-0.05, 0) is 0 Å². The minimum absolute atomic E-state index is 0.0354. The van der Waals surface area contributed by atoms with Crippen molar-refractivity contribution in [1.82, 2.24) is 19.9 Å². The Morgan fingerprint density at radius 1 is 1.79 bits per heavy atom. The van der Waals surface area contributed by atoms with Crippen LogP contribution in [0.2, 0.25) is 0 Å². The molecule has 14 heavy (non-hydrogen) atoms. The SMILES string of the molecule is CN(CCO)C(=O)Cn1ncc(N)n1. The van der Waals surface area contributed by atoms with Crippen molar-refractivity contribution in [2.75, 3.05) is 25.9 Å². The maximum absolute atomic E-state index is 11.4. The highest BCUT2D eigenvalue weighted by Gasteiger charge is 2.09. The van der Waals surface area contributed by atoms with Crippen LogP contribution in [0.1, 0.15) is 0 Å². The molecule has 0 radical (unpaired) electrons. The van der Waals surface area contributed by atoms with Gasteiger partial charge in [-0.1, -0.05) is 0 Å². The van der Waals surface area contributed by atoms with Crippen molar-refractivity contribution in [2.24, 2.45) is 0 Å². The Labute approximate surface area is 81.1 Å². The fourth-order valence-electron chi connectivity index (χ4n) is 0.903. The van der Waals surface area contributed by atoms with Crippen molar-refractivity contribution >= 4 is 11.7 Å². The van der Waals surface area contributed by atoms with Gasteiger partial charge in [0.25, 0.3) is 0 Å². The number of nitrogens with zero attached hydrogens (tertiary/aromatic N) is 4. The fourth-order valence-corrected chi connectivity index (χ4v) is 0.903. The number of nitrogen functional groups attached to an aromatic ring is 1. The molecule has 0 aromatic carbocycles. The van der Waals surface area contributed by atoms with E-state index in [0.29, 0.717) is 6.54 Å². The number of amides is 1. The van der Waals surface area contributed by atoms with Gasteiger partial charge in [0.15, 0.2) is 5.82 Å². The van der Waals surface area contributed by atoms with E-state index in [9.17, 15) is 4.79 Å². The number of aliphatic hydroxyl groups is 1. The second-order valence-electron chi connectivity index (χ2n) is 2.84. The van der Waals surface area contributed by atoms with Gasteiger partial charge in [-0.15, -0.1) is 5.10 Å². The Balaban J connectivity index is 2.48. The van der Waals surface area contributed by atoms with Crippen molar-refractivity contribution in [3.05, 3.63) is 6.20 Å². The highest BCUT2D eigenvalue weighted by atomic mass is 16.3. The number of aliphatic hydroxyl groups excluding tert-OH is 1. The van der Waals surface area contributed by atoms with Gasteiger partial charge in [-0.3, -0.25) is 4.79 Å². The third-order valence-electron chi connectivity index (χ3n) is 1.69. The van der Waals surface area contributed by atoms with Gasteiger partial charge in [0.05, 0.1) is 12.8 Å². The molecule has 0 saturated carbocycles. The molecule has 0 unspecified atom stereocenters. The van der Waals surface area contributed by atoms with Crippen molar-refractivity contribution < 1.29 is 9.90 Å². The first-order chi connectivity index (χ1) is 6.63. The maximum Gasteiger partial charge on any atom is 0.246 e. The van der Waals surface area contributed by atoms with Gasteiger partial charge >= 0.3 is 0 Å². The van der Waals surface area contributed by atoms with Gasteiger partial charge in [0.1, 0.15) is 6.54 Å². The summed E-state index contributed by atoms with van der Waals surface area (Å²) in [5, 5.41) is 16.1. The maximum atomic E-state index is 11.4. The van der Waals surface area contributed by atoms with Crippen LogP contribution in [0.5, 0.6) is 0 Å². The van der Waals surface area contributed by atoms with Gasteiger partial charge in [0, 0.05) is 13.6 Å². The quantitative estimate of drug-likeness (QED) is 0.603. The molecular weight excluding hydrogens is 186 g/mol. The van der Waals surface area contributed by atoms with Crippen LogP contribution in [0.4, 0.5) is 5.82 Å². The number of hydrogen-bond acceptors (Lipinski definition) is 5. The second-order valence-corrected chi connectivity index (χ2v) is 2.84. The Morgan fingerprint density at radius 3 is 3.00 bits per heavy atom. The molecule has 7 nitrogen and oxygen atoms in total. The molecule has 0 aliphatic heterocycles. The summed E-state index contributed by atoms with van der Waals surface area (Å²) in [4.78, 5) is 14.0. The highest BCUT2D eigenvalue weighted by Crippen LogP contribution is 1.92. The average Bonchev–Trinajstić information content (AvgIpc) is 2.51. The molecule has 0 bridgehead atoms. The zero-order valence-electron chi connectivity index (χ0n) is 7.92. The summed E-state index contributed by atoms with van der Waals surface area (Å²) in [6.45, 7) is 0.278. The van der Waals surface area contributed by atoms with Crippen molar-refractivity contribution in [3.63, 3.8) is 0 Å². The number of anilines is 1. The van der Waals surface area contributed by atoms with E-state index in [0.717, 1.165) is 0 Å². The summed E-state index contributed by atoms with van der Waals surface area (Å²) in [5.41, 5.74) is 5.33. The molecule has 1 aromatic rings. The molecule has 0 atom stereocenters.